The number of hydrogen-bond acceptors (Lipinski definition) is 8. The van der Waals surface area contributed by atoms with E-state index >= 15 is 0 Å². The first kappa shape index (κ1) is 32.7. The normalized spacial score (nSPS) is 25.9. The topological polar surface area (TPSA) is 179 Å². The number of carbonyl (C=O) groups excluding carboxylic acids is 4. The van der Waals surface area contributed by atoms with Crippen molar-refractivity contribution in [1.29, 1.82) is 0 Å². The van der Waals surface area contributed by atoms with E-state index in [1.807, 2.05) is 6.08 Å². The Labute approximate surface area is 295 Å². The summed E-state index contributed by atoms with van der Waals surface area (Å²) in [7, 11) is 1.37. The lowest BCUT2D eigenvalue weighted by molar-refractivity contribution is -0.126. The molecule has 0 radical (unpaired) electrons. The lowest BCUT2D eigenvalue weighted by Gasteiger charge is -2.44. The standard InChI is InChI=1S/C35H26Br2N2O10/c1-49-23-13-21(27(36)28(37)29(23)40)24-18-8-9-19-25(32(43)38(30(19)41)16-6-2-4-14(10-16)34(45)46)20(18)12-22-26(24)33(44)39(31(22)42)17-7-3-5-15(11-17)35(47)48/h2-8,10-11,13,19-20,22,24-26,40H,9,12H2,1H3,(H,45,46)(H,47,48). The first-order valence-corrected chi connectivity index (χ1v) is 16.8. The maximum absolute atomic E-state index is 14.4. The van der Waals surface area contributed by atoms with Gasteiger partial charge in [0.05, 0.1) is 57.8 Å². The number of imide groups is 2. The van der Waals surface area contributed by atoms with Crippen LogP contribution in [0.2, 0.25) is 0 Å². The van der Waals surface area contributed by atoms with Crippen molar-refractivity contribution in [2.75, 3.05) is 16.9 Å². The molecule has 0 bridgehead atoms. The molecule has 7 rings (SSSR count). The molecule has 0 aromatic heterocycles. The number of halogens is 2. The first-order valence-electron chi connectivity index (χ1n) is 15.2. The lowest BCUT2D eigenvalue weighted by Crippen LogP contribution is -2.43. The van der Waals surface area contributed by atoms with E-state index in [1.165, 1.54) is 55.6 Å². The summed E-state index contributed by atoms with van der Waals surface area (Å²) in [5.41, 5.74) is 1.19. The van der Waals surface area contributed by atoms with Crippen LogP contribution in [-0.2, 0) is 19.2 Å². The van der Waals surface area contributed by atoms with Crippen LogP contribution in [0, 0.1) is 29.6 Å². The molecule has 3 N–H and O–H groups in total. The minimum atomic E-state index is -1.23. The number of benzene rings is 3. The van der Waals surface area contributed by atoms with Crippen molar-refractivity contribution in [1.82, 2.24) is 0 Å². The third kappa shape index (κ3) is 4.91. The molecule has 2 saturated heterocycles. The second-order valence-electron chi connectivity index (χ2n) is 12.4. The molecule has 2 aliphatic heterocycles. The second-order valence-corrected chi connectivity index (χ2v) is 14.0. The van der Waals surface area contributed by atoms with Crippen LogP contribution in [0.25, 0.3) is 0 Å². The summed E-state index contributed by atoms with van der Waals surface area (Å²) in [5, 5.41) is 29.9. The van der Waals surface area contributed by atoms with E-state index < -0.39 is 71.1 Å². The highest BCUT2D eigenvalue weighted by molar-refractivity contribution is 9.13. The van der Waals surface area contributed by atoms with Gasteiger partial charge in [-0.2, -0.15) is 0 Å². The second kappa shape index (κ2) is 11.9. The van der Waals surface area contributed by atoms with Gasteiger partial charge in [0.25, 0.3) is 0 Å². The molecule has 3 aromatic rings. The van der Waals surface area contributed by atoms with Gasteiger partial charge >= 0.3 is 11.9 Å². The van der Waals surface area contributed by atoms with Gasteiger partial charge in [-0.1, -0.05) is 23.8 Å². The number of methoxy groups -OCH3 is 1. The van der Waals surface area contributed by atoms with E-state index in [9.17, 15) is 44.1 Å². The molecule has 6 atom stereocenters. The quantitative estimate of drug-likeness (QED) is 0.217. The molecule has 3 aromatic carbocycles. The van der Waals surface area contributed by atoms with Gasteiger partial charge in [0.1, 0.15) is 0 Å². The Balaban J connectivity index is 1.37. The molecular formula is C35H26Br2N2O10. The molecule has 12 nitrogen and oxygen atoms in total. The predicted molar refractivity (Wildman–Crippen MR) is 179 cm³/mol. The van der Waals surface area contributed by atoms with Gasteiger partial charge in [-0.25, -0.2) is 9.59 Å². The van der Waals surface area contributed by atoms with Gasteiger partial charge in [-0.3, -0.25) is 29.0 Å². The number of carboxylic acids is 2. The lowest BCUT2D eigenvalue weighted by atomic mass is 9.57. The van der Waals surface area contributed by atoms with Crippen molar-refractivity contribution in [3.05, 3.63) is 91.9 Å². The smallest absolute Gasteiger partial charge is 0.335 e. The number of phenolic OH excluding ortho intramolecular Hbond substituents is 1. The van der Waals surface area contributed by atoms with Crippen LogP contribution >= 0.6 is 31.9 Å². The fourth-order valence-electron chi connectivity index (χ4n) is 8.00. The molecule has 2 heterocycles. The number of ether oxygens (including phenoxy) is 1. The molecule has 1 saturated carbocycles. The summed E-state index contributed by atoms with van der Waals surface area (Å²) in [6, 6.07) is 12.7. The minimum Gasteiger partial charge on any atom is -0.503 e. The number of hydrogen-bond donors (Lipinski definition) is 3. The number of rotatable bonds is 6. The maximum atomic E-state index is 14.4. The van der Waals surface area contributed by atoms with E-state index in [0.29, 0.717) is 15.6 Å². The highest BCUT2D eigenvalue weighted by Crippen LogP contribution is 2.60. The van der Waals surface area contributed by atoms with Crippen LogP contribution < -0.4 is 14.5 Å². The van der Waals surface area contributed by atoms with Crippen LogP contribution in [-0.4, -0.2) is 58.0 Å². The minimum absolute atomic E-state index is 0.0594. The molecule has 14 heteroatoms. The van der Waals surface area contributed by atoms with Gasteiger partial charge < -0.3 is 20.1 Å². The molecule has 6 unspecified atom stereocenters. The third-order valence-electron chi connectivity index (χ3n) is 10.1. The summed E-state index contributed by atoms with van der Waals surface area (Å²) in [6.45, 7) is 0. The molecular weight excluding hydrogens is 768 g/mol. The van der Waals surface area contributed by atoms with Crippen molar-refractivity contribution in [3.63, 3.8) is 0 Å². The van der Waals surface area contributed by atoms with Crippen molar-refractivity contribution in [2.24, 2.45) is 29.6 Å². The zero-order chi connectivity index (χ0) is 35.0. The van der Waals surface area contributed by atoms with Crippen LogP contribution in [0.3, 0.4) is 0 Å². The number of carboxylic acid groups (broad SMARTS) is 2. The highest BCUT2D eigenvalue weighted by Gasteiger charge is 2.62. The third-order valence-corrected chi connectivity index (χ3v) is 12.2. The van der Waals surface area contributed by atoms with Crippen molar-refractivity contribution in [3.8, 4) is 11.5 Å². The van der Waals surface area contributed by atoms with E-state index in [1.54, 1.807) is 6.07 Å². The molecule has 3 fully saturated rings. The zero-order valence-electron chi connectivity index (χ0n) is 25.5. The average molecular weight is 794 g/mol. The fraction of sp³-hybridized carbons (Fsp3) is 0.257. The summed E-state index contributed by atoms with van der Waals surface area (Å²) in [5.74, 6) is -9.79. The fourth-order valence-corrected chi connectivity index (χ4v) is 8.97. The van der Waals surface area contributed by atoms with Crippen molar-refractivity contribution in [2.45, 2.75) is 18.8 Å². The van der Waals surface area contributed by atoms with Crippen LogP contribution in [0.15, 0.2) is 75.2 Å². The van der Waals surface area contributed by atoms with Gasteiger partial charge in [-0.05, 0) is 98.6 Å². The summed E-state index contributed by atoms with van der Waals surface area (Å²) in [4.78, 5) is 82.2. The van der Waals surface area contributed by atoms with Gasteiger partial charge in [-0.15, -0.1) is 0 Å². The first-order chi connectivity index (χ1) is 23.3. The molecule has 4 aliphatic rings. The molecule has 4 amide bonds. The monoisotopic (exact) mass is 792 g/mol. The number of anilines is 2. The van der Waals surface area contributed by atoms with Crippen LogP contribution in [0.1, 0.15) is 45.0 Å². The number of aromatic carboxylic acids is 2. The van der Waals surface area contributed by atoms with E-state index in [0.717, 1.165) is 9.80 Å². The summed E-state index contributed by atoms with van der Waals surface area (Å²) >= 11 is 6.96. The van der Waals surface area contributed by atoms with E-state index in [4.69, 9.17) is 4.74 Å². The number of phenols is 1. The van der Waals surface area contributed by atoms with Gasteiger partial charge in [0.2, 0.25) is 23.6 Å². The molecule has 0 spiro atoms. The van der Waals surface area contributed by atoms with Gasteiger partial charge in [0, 0.05) is 10.4 Å². The SMILES string of the molecule is COc1cc(C2C3=CCC4C(=O)N(c5cccc(C(=O)O)c5)C(=O)C4C3CC3C(=O)N(c4cccc(C(=O)O)c4)C(=O)C32)c(Br)c(Br)c1O. The maximum Gasteiger partial charge on any atom is 0.335 e. The number of amides is 4. The molecule has 49 heavy (non-hydrogen) atoms. The largest absolute Gasteiger partial charge is 0.503 e. The van der Waals surface area contributed by atoms with Gasteiger partial charge in [0.15, 0.2) is 11.5 Å². The number of carbonyl (C=O) groups is 6. The highest BCUT2D eigenvalue weighted by atomic mass is 79.9. The Morgan fingerprint density at radius 3 is 1.86 bits per heavy atom. The van der Waals surface area contributed by atoms with Crippen molar-refractivity contribution >= 4 is 78.8 Å². The number of aromatic hydroxyl groups is 1. The molecule has 250 valence electrons. The van der Waals surface area contributed by atoms with Crippen molar-refractivity contribution < 1.29 is 48.8 Å². The Bertz CT molecular complexity index is 2060. The predicted octanol–water partition coefficient (Wildman–Crippen LogP) is 5.37. The number of allylic oxidation sites excluding steroid dienone is 2. The summed E-state index contributed by atoms with van der Waals surface area (Å²) in [6.07, 6.45) is 2.06. The van der Waals surface area contributed by atoms with Crippen LogP contribution in [0.5, 0.6) is 11.5 Å². The summed E-state index contributed by atoms with van der Waals surface area (Å²) < 4.78 is 6.08. The average Bonchev–Trinajstić information content (AvgIpc) is 3.50. The molecule has 2 aliphatic carbocycles. The Morgan fingerprint density at radius 1 is 0.755 bits per heavy atom. The van der Waals surface area contributed by atoms with E-state index in [-0.39, 0.29) is 51.3 Å². The van der Waals surface area contributed by atoms with E-state index in [2.05, 4.69) is 31.9 Å². The number of fused-ring (bicyclic) bond motifs is 4. The zero-order valence-corrected chi connectivity index (χ0v) is 28.7. The van der Waals surface area contributed by atoms with Crippen LogP contribution in [0.4, 0.5) is 11.4 Å². The Hall–Kier alpha value is -4.82. The number of nitrogens with zero attached hydrogens (tertiary/aromatic N) is 2. The Morgan fingerprint density at radius 2 is 1.31 bits per heavy atom. The Kier molecular flexibility index (Phi) is 7.98.